The third-order valence-corrected chi connectivity index (χ3v) is 8.07. The van der Waals surface area contributed by atoms with Gasteiger partial charge < -0.3 is 50.5 Å². The largest absolute Gasteiger partial charge is 0.481 e. The first-order chi connectivity index (χ1) is 16.8. The SMILES string of the molecule is C[C@](CO)(OP(=O)(O)O)[C@@H](O)COP(=O)(O)OP(=O)(O)OC[C@@H]1O[C@@H](n2ccc(N)nc2=O)[C@H](O)[C@H]1O. The van der Waals surface area contributed by atoms with Crippen LogP contribution in [0.15, 0.2) is 17.1 Å². The van der Waals surface area contributed by atoms with E-state index in [4.69, 9.17) is 20.3 Å². The molecule has 0 radical (unpaired) electrons. The second kappa shape index (κ2) is 11.9. The summed E-state index contributed by atoms with van der Waals surface area (Å²) in [6, 6.07) is 1.20. The molecule has 1 fully saturated rings. The molecule has 2 unspecified atom stereocenters. The normalized spacial score (nSPS) is 28.2. The summed E-state index contributed by atoms with van der Waals surface area (Å²) in [6.07, 6.45) is -7.61. The van der Waals surface area contributed by atoms with E-state index in [0.717, 1.165) is 17.7 Å². The van der Waals surface area contributed by atoms with Gasteiger partial charge in [0, 0.05) is 6.20 Å². The van der Waals surface area contributed by atoms with Crippen molar-refractivity contribution in [1.82, 2.24) is 9.55 Å². The number of aliphatic hydroxyl groups is 4. The zero-order chi connectivity index (χ0) is 28.4. The molecule has 2 rings (SSSR count). The van der Waals surface area contributed by atoms with Gasteiger partial charge in [-0.05, 0) is 13.0 Å². The Morgan fingerprint density at radius 2 is 1.76 bits per heavy atom. The highest BCUT2D eigenvalue weighted by molar-refractivity contribution is 7.61. The number of aliphatic hydroxyl groups excluding tert-OH is 4. The van der Waals surface area contributed by atoms with Gasteiger partial charge in [-0.1, -0.05) is 0 Å². The van der Waals surface area contributed by atoms with Crippen molar-refractivity contribution in [2.45, 2.75) is 43.2 Å². The standard InChI is InChI=1S/C14H26N3O17P3/c1-14(6-18,33-35(23,24)25)8(19)5-31-37(28,29)34-36(26,27)30-4-7-10(20)11(21)12(32-7)17-3-2-9(15)16-13(17)22/h2-3,7-8,10-12,18-21H,4-6H2,1H3,(H,26,27)(H,28,29)(H2,15,16,22)(H2,23,24,25)/t7-,8-,10-,11+,12+,14+/m0/s1. The Labute approximate surface area is 207 Å². The molecule has 0 saturated carbocycles. The minimum Gasteiger partial charge on any atom is -0.393 e. The molecule has 2 heterocycles. The first-order valence-corrected chi connectivity index (χ1v) is 14.4. The first kappa shape index (κ1) is 32.1. The van der Waals surface area contributed by atoms with E-state index in [1.54, 1.807) is 0 Å². The summed E-state index contributed by atoms with van der Waals surface area (Å²) >= 11 is 0. The van der Waals surface area contributed by atoms with E-state index in [0.29, 0.717) is 0 Å². The maximum atomic E-state index is 12.1. The molecule has 1 aliphatic rings. The van der Waals surface area contributed by atoms with Crippen molar-refractivity contribution in [3.05, 3.63) is 22.7 Å². The van der Waals surface area contributed by atoms with E-state index in [1.807, 2.05) is 0 Å². The van der Waals surface area contributed by atoms with Crippen molar-refractivity contribution in [3.8, 4) is 0 Å². The minimum atomic E-state index is -5.51. The lowest BCUT2D eigenvalue weighted by molar-refractivity contribution is -0.101. The van der Waals surface area contributed by atoms with Crippen LogP contribution >= 0.6 is 23.5 Å². The van der Waals surface area contributed by atoms with Gasteiger partial charge in [0.15, 0.2) is 6.23 Å². The van der Waals surface area contributed by atoms with Gasteiger partial charge in [-0.25, -0.2) is 18.5 Å². The second-order valence-electron chi connectivity index (χ2n) is 7.77. The molecule has 0 aliphatic carbocycles. The van der Waals surface area contributed by atoms with Crippen LogP contribution in [0.25, 0.3) is 0 Å². The molecule has 1 aliphatic heterocycles. The first-order valence-electron chi connectivity index (χ1n) is 9.87. The fourth-order valence-corrected chi connectivity index (χ4v) is 5.68. The van der Waals surface area contributed by atoms with Crippen LogP contribution in [0.2, 0.25) is 0 Å². The van der Waals surface area contributed by atoms with Crippen LogP contribution in [0.4, 0.5) is 5.82 Å². The van der Waals surface area contributed by atoms with Crippen LogP contribution in [0, 0.1) is 0 Å². The molecular formula is C14H26N3O17P3. The Morgan fingerprint density at radius 1 is 1.16 bits per heavy atom. The Hall–Kier alpha value is -1.15. The van der Waals surface area contributed by atoms with Crippen molar-refractivity contribution in [3.63, 3.8) is 0 Å². The van der Waals surface area contributed by atoms with Crippen molar-refractivity contribution in [2.75, 3.05) is 25.6 Å². The van der Waals surface area contributed by atoms with Gasteiger partial charge in [-0.15, -0.1) is 0 Å². The quantitative estimate of drug-likeness (QED) is 0.101. The van der Waals surface area contributed by atoms with E-state index in [1.165, 1.54) is 6.07 Å². The number of aromatic nitrogens is 2. The Balaban J connectivity index is 1.97. The second-order valence-corrected chi connectivity index (χ2v) is 12.0. The summed E-state index contributed by atoms with van der Waals surface area (Å²) in [5.74, 6) is -0.133. The zero-order valence-corrected chi connectivity index (χ0v) is 21.4. The van der Waals surface area contributed by atoms with Crippen LogP contribution in [0.3, 0.4) is 0 Å². The number of phosphoric ester groups is 3. The zero-order valence-electron chi connectivity index (χ0n) is 18.7. The van der Waals surface area contributed by atoms with Crippen LogP contribution in [0.5, 0.6) is 0 Å². The molecule has 23 heteroatoms. The Bertz CT molecular complexity index is 1140. The highest BCUT2D eigenvalue weighted by Gasteiger charge is 2.46. The molecule has 1 aromatic heterocycles. The summed E-state index contributed by atoms with van der Waals surface area (Å²) < 4.78 is 58.2. The van der Waals surface area contributed by atoms with Gasteiger partial charge in [-0.3, -0.25) is 18.1 Å². The summed E-state index contributed by atoms with van der Waals surface area (Å²) in [6.45, 7) is -2.66. The van der Waals surface area contributed by atoms with E-state index in [9.17, 15) is 48.7 Å². The van der Waals surface area contributed by atoms with Gasteiger partial charge in [0.1, 0.15) is 35.8 Å². The number of hydrogen-bond donors (Lipinski definition) is 9. The molecule has 0 bridgehead atoms. The number of anilines is 1. The molecule has 37 heavy (non-hydrogen) atoms. The molecule has 1 saturated heterocycles. The number of nitrogen functional groups attached to an aromatic ring is 1. The van der Waals surface area contributed by atoms with Gasteiger partial charge in [0.2, 0.25) is 0 Å². The summed E-state index contributed by atoms with van der Waals surface area (Å²) in [5.41, 5.74) is 2.04. The third kappa shape index (κ3) is 8.94. The van der Waals surface area contributed by atoms with Gasteiger partial charge in [-0.2, -0.15) is 9.29 Å². The van der Waals surface area contributed by atoms with Gasteiger partial charge in [0.05, 0.1) is 19.8 Å². The molecule has 8 atom stereocenters. The molecule has 0 spiro atoms. The Kier molecular flexibility index (Phi) is 10.3. The lowest BCUT2D eigenvalue weighted by Crippen LogP contribution is -2.47. The van der Waals surface area contributed by atoms with Crippen LogP contribution in [-0.4, -0.2) is 99.4 Å². The van der Waals surface area contributed by atoms with E-state index < -0.39 is 85.2 Å². The fourth-order valence-electron chi connectivity index (χ4n) is 2.87. The number of nitrogens with two attached hydrogens (primary N) is 1. The molecule has 20 nitrogen and oxygen atoms in total. The van der Waals surface area contributed by atoms with E-state index >= 15 is 0 Å². The number of hydrogen-bond acceptors (Lipinski definition) is 15. The van der Waals surface area contributed by atoms with E-state index in [-0.39, 0.29) is 5.82 Å². The highest BCUT2D eigenvalue weighted by atomic mass is 31.3. The molecule has 10 N–H and O–H groups in total. The smallest absolute Gasteiger partial charge is 0.393 e. The van der Waals surface area contributed by atoms with Crippen molar-refractivity contribution in [2.24, 2.45) is 0 Å². The van der Waals surface area contributed by atoms with Crippen molar-refractivity contribution in [1.29, 1.82) is 0 Å². The predicted molar refractivity (Wildman–Crippen MR) is 116 cm³/mol. The van der Waals surface area contributed by atoms with Crippen LogP contribution < -0.4 is 11.4 Å². The molecule has 1 aromatic rings. The lowest BCUT2D eigenvalue weighted by Gasteiger charge is -2.32. The van der Waals surface area contributed by atoms with Crippen LogP contribution in [-0.2, 0) is 36.3 Å². The maximum Gasteiger partial charge on any atom is 0.481 e. The number of nitrogens with zero attached hydrogens (tertiary/aromatic N) is 2. The predicted octanol–water partition coefficient (Wildman–Crippen LogP) is -3.08. The minimum absolute atomic E-state index is 0.133. The number of phosphoric acid groups is 3. The number of rotatable bonds is 13. The third-order valence-electron chi connectivity index (χ3n) is 4.81. The van der Waals surface area contributed by atoms with Gasteiger partial charge >= 0.3 is 29.2 Å². The fraction of sp³-hybridized carbons (Fsp3) is 0.714. The van der Waals surface area contributed by atoms with Gasteiger partial charge in [0.25, 0.3) is 0 Å². The van der Waals surface area contributed by atoms with Crippen LogP contribution in [0.1, 0.15) is 13.2 Å². The van der Waals surface area contributed by atoms with Crippen molar-refractivity contribution >= 4 is 29.3 Å². The average molecular weight is 601 g/mol. The summed E-state index contributed by atoms with van der Waals surface area (Å²) in [4.78, 5) is 52.4. The number of ether oxygens (including phenoxy) is 1. The molecule has 0 aromatic carbocycles. The molecule has 0 amide bonds. The topological polar surface area (TPSA) is 320 Å². The maximum absolute atomic E-state index is 12.1. The average Bonchev–Trinajstić information content (AvgIpc) is 3.02. The highest BCUT2D eigenvalue weighted by Crippen LogP contribution is 2.60. The lowest BCUT2D eigenvalue weighted by atomic mass is 10.0. The van der Waals surface area contributed by atoms with Crippen molar-refractivity contribution < 1.29 is 76.3 Å². The monoisotopic (exact) mass is 601 g/mol. The van der Waals surface area contributed by atoms with E-state index in [2.05, 4.69) is 22.9 Å². The summed E-state index contributed by atoms with van der Waals surface area (Å²) in [7, 11) is -16.2. The molecular weight excluding hydrogens is 575 g/mol. The molecule has 214 valence electrons. The Morgan fingerprint density at radius 3 is 2.30 bits per heavy atom. The summed E-state index contributed by atoms with van der Waals surface area (Å²) in [5, 5.41) is 39.4.